The van der Waals surface area contributed by atoms with E-state index >= 15 is 0 Å². The van der Waals surface area contributed by atoms with Crippen molar-refractivity contribution in [2.45, 2.75) is 52.7 Å². The Kier molecular flexibility index (Phi) is 4.65. The number of nitrogens with one attached hydrogen (secondary N) is 1. The van der Waals surface area contributed by atoms with Crippen LogP contribution in [0.3, 0.4) is 0 Å². The van der Waals surface area contributed by atoms with E-state index in [0.717, 1.165) is 18.7 Å². The van der Waals surface area contributed by atoms with Crippen LogP contribution in [0, 0.1) is 5.41 Å². The van der Waals surface area contributed by atoms with E-state index in [1.807, 2.05) is 30.9 Å². The molecule has 0 bridgehead atoms. The van der Waals surface area contributed by atoms with Crippen LogP contribution in [-0.2, 0) is 6.54 Å². The first-order chi connectivity index (χ1) is 9.50. The summed E-state index contributed by atoms with van der Waals surface area (Å²) in [4.78, 5) is 4.12. The number of nitrogens with zero attached hydrogens (tertiary/aromatic N) is 2. The molecule has 0 aliphatic rings. The average molecular weight is 275 g/mol. The van der Waals surface area contributed by atoms with Crippen molar-refractivity contribution in [2.75, 3.05) is 0 Å². The van der Waals surface area contributed by atoms with Gasteiger partial charge in [-0.05, 0) is 24.0 Å². The third-order valence-corrected chi connectivity index (χ3v) is 3.70. The van der Waals surface area contributed by atoms with Gasteiger partial charge in [0.1, 0.15) is 5.76 Å². The van der Waals surface area contributed by atoms with Crippen molar-refractivity contribution in [3.05, 3.63) is 42.9 Å². The van der Waals surface area contributed by atoms with Crippen molar-refractivity contribution in [3.8, 4) is 0 Å². The topological polar surface area (TPSA) is 43.0 Å². The summed E-state index contributed by atoms with van der Waals surface area (Å²) in [6.07, 6.45) is 8.44. The normalized spacial score (nSPS) is 15.2. The summed E-state index contributed by atoms with van der Waals surface area (Å²) in [7, 11) is 0. The Morgan fingerprint density at radius 3 is 2.70 bits per heavy atom. The zero-order valence-electron chi connectivity index (χ0n) is 12.8. The van der Waals surface area contributed by atoms with Gasteiger partial charge in [0.2, 0.25) is 0 Å². The SMILES string of the molecule is CCC(NC(Cn1ccnc1)C(C)(C)C)c1ccco1. The van der Waals surface area contributed by atoms with E-state index in [0.29, 0.717) is 6.04 Å². The highest BCUT2D eigenvalue weighted by atomic mass is 16.3. The molecule has 0 saturated heterocycles. The number of hydrogen-bond acceptors (Lipinski definition) is 3. The fourth-order valence-corrected chi connectivity index (χ4v) is 2.32. The molecule has 20 heavy (non-hydrogen) atoms. The van der Waals surface area contributed by atoms with Crippen molar-refractivity contribution >= 4 is 0 Å². The number of imidazole rings is 1. The highest BCUT2D eigenvalue weighted by molar-refractivity contribution is 5.05. The standard InChI is InChI=1S/C16H25N3O/c1-5-13(14-7-6-10-20-14)18-15(16(2,3)4)11-19-9-8-17-12-19/h6-10,12-13,15,18H,5,11H2,1-4H3. The van der Waals surface area contributed by atoms with Gasteiger partial charge in [0.15, 0.2) is 0 Å². The van der Waals surface area contributed by atoms with Gasteiger partial charge in [0.05, 0.1) is 18.6 Å². The smallest absolute Gasteiger partial charge is 0.120 e. The minimum absolute atomic E-state index is 0.157. The highest BCUT2D eigenvalue weighted by Gasteiger charge is 2.28. The first kappa shape index (κ1) is 14.9. The molecule has 0 aliphatic heterocycles. The lowest BCUT2D eigenvalue weighted by Crippen LogP contribution is -2.44. The van der Waals surface area contributed by atoms with Crippen LogP contribution in [0.2, 0.25) is 0 Å². The van der Waals surface area contributed by atoms with Crippen LogP contribution in [0.1, 0.15) is 45.9 Å². The lowest BCUT2D eigenvalue weighted by molar-refractivity contribution is 0.210. The molecule has 2 heterocycles. The molecule has 2 unspecified atom stereocenters. The Balaban J connectivity index is 2.11. The molecular formula is C16H25N3O. The molecule has 110 valence electrons. The summed E-state index contributed by atoms with van der Waals surface area (Å²) in [5.74, 6) is 1.01. The van der Waals surface area contributed by atoms with Crippen molar-refractivity contribution < 1.29 is 4.42 Å². The van der Waals surface area contributed by atoms with E-state index in [1.54, 1.807) is 6.26 Å². The molecule has 2 aromatic heterocycles. The summed E-state index contributed by atoms with van der Waals surface area (Å²) < 4.78 is 7.68. The molecule has 0 aliphatic carbocycles. The molecule has 0 amide bonds. The van der Waals surface area contributed by atoms with Gasteiger partial charge in [0.25, 0.3) is 0 Å². The molecule has 4 nitrogen and oxygen atoms in total. The molecule has 0 spiro atoms. The van der Waals surface area contributed by atoms with Crippen LogP contribution >= 0.6 is 0 Å². The summed E-state index contributed by atoms with van der Waals surface area (Å²) in [5.41, 5.74) is 0.157. The lowest BCUT2D eigenvalue weighted by Gasteiger charge is -2.34. The molecule has 0 saturated carbocycles. The van der Waals surface area contributed by atoms with Gasteiger partial charge in [0, 0.05) is 25.0 Å². The van der Waals surface area contributed by atoms with E-state index in [2.05, 4.69) is 42.6 Å². The molecular weight excluding hydrogens is 250 g/mol. The molecule has 1 N–H and O–H groups in total. The van der Waals surface area contributed by atoms with E-state index in [4.69, 9.17) is 4.42 Å². The summed E-state index contributed by atoms with van der Waals surface area (Å²) in [6.45, 7) is 9.86. The van der Waals surface area contributed by atoms with Crippen molar-refractivity contribution in [1.82, 2.24) is 14.9 Å². The average Bonchev–Trinajstić information content (AvgIpc) is 3.05. The maximum Gasteiger partial charge on any atom is 0.120 e. The monoisotopic (exact) mass is 275 g/mol. The Hall–Kier alpha value is -1.55. The second-order valence-corrected chi connectivity index (χ2v) is 6.32. The first-order valence-electron chi connectivity index (χ1n) is 7.26. The fourth-order valence-electron chi connectivity index (χ4n) is 2.32. The fraction of sp³-hybridized carbons (Fsp3) is 0.562. The Labute approximate surface area is 121 Å². The highest BCUT2D eigenvalue weighted by Crippen LogP contribution is 2.26. The van der Waals surface area contributed by atoms with E-state index in [-0.39, 0.29) is 11.5 Å². The van der Waals surface area contributed by atoms with Gasteiger partial charge in [-0.2, -0.15) is 0 Å². The number of rotatable bonds is 6. The Morgan fingerprint density at radius 1 is 1.40 bits per heavy atom. The number of furan rings is 1. The maximum absolute atomic E-state index is 5.55. The summed E-state index contributed by atoms with van der Waals surface area (Å²) >= 11 is 0. The Bertz CT molecular complexity index is 482. The summed E-state index contributed by atoms with van der Waals surface area (Å²) in [6, 6.07) is 4.57. The van der Waals surface area contributed by atoms with Gasteiger partial charge >= 0.3 is 0 Å². The zero-order chi connectivity index (χ0) is 14.6. The van der Waals surface area contributed by atoms with Gasteiger partial charge < -0.3 is 14.3 Å². The molecule has 4 heteroatoms. The number of aromatic nitrogens is 2. The van der Waals surface area contributed by atoms with Gasteiger partial charge in [-0.1, -0.05) is 27.7 Å². The number of hydrogen-bond donors (Lipinski definition) is 1. The minimum Gasteiger partial charge on any atom is -0.468 e. The first-order valence-corrected chi connectivity index (χ1v) is 7.26. The minimum atomic E-state index is 0.157. The van der Waals surface area contributed by atoms with Crippen LogP contribution < -0.4 is 5.32 Å². The molecule has 0 aromatic carbocycles. The van der Waals surface area contributed by atoms with Crippen LogP contribution in [0.15, 0.2) is 41.5 Å². The van der Waals surface area contributed by atoms with Crippen molar-refractivity contribution in [1.29, 1.82) is 0 Å². The third-order valence-electron chi connectivity index (χ3n) is 3.70. The second kappa shape index (κ2) is 6.27. The van der Waals surface area contributed by atoms with Crippen LogP contribution in [0.25, 0.3) is 0 Å². The molecule has 2 rings (SSSR count). The quantitative estimate of drug-likeness (QED) is 0.875. The predicted molar refractivity (Wildman–Crippen MR) is 80.3 cm³/mol. The Morgan fingerprint density at radius 2 is 2.20 bits per heavy atom. The predicted octanol–water partition coefficient (Wildman–Crippen LogP) is 3.63. The van der Waals surface area contributed by atoms with E-state index in [1.165, 1.54) is 0 Å². The molecule has 2 aromatic rings. The largest absolute Gasteiger partial charge is 0.468 e. The van der Waals surface area contributed by atoms with E-state index < -0.39 is 0 Å². The van der Waals surface area contributed by atoms with Crippen LogP contribution in [0.5, 0.6) is 0 Å². The molecule has 0 radical (unpaired) electrons. The van der Waals surface area contributed by atoms with Crippen LogP contribution in [-0.4, -0.2) is 15.6 Å². The molecule has 2 atom stereocenters. The molecule has 0 fully saturated rings. The third kappa shape index (κ3) is 3.73. The van der Waals surface area contributed by atoms with Gasteiger partial charge in [-0.15, -0.1) is 0 Å². The van der Waals surface area contributed by atoms with Crippen LogP contribution in [0.4, 0.5) is 0 Å². The van der Waals surface area contributed by atoms with Gasteiger partial charge in [-0.3, -0.25) is 0 Å². The van der Waals surface area contributed by atoms with Gasteiger partial charge in [-0.25, -0.2) is 4.98 Å². The van der Waals surface area contributed by atoms with E-state index in [9.17, 15) is 0 Å². The van der Waals surface area contributed by atoms with Crippen molar-refractivity contribution in [2.24, 2.45) is 5.41 Å². The van der Waals surface area contributed by atoms with Crippen molar-refractivity contribution in [3.63, 3.8) is 0 Å². The lowest BCUT2D eigenvalue weighted by atomic mass is 9.85. The maximum atomic E-state index is 5.55. The summed E-state index contributed by atoms with van der Waals surface area (Å²) in [5, 5.41) is 3.74. The second-order valence-electron chi connectivity index (χ2n) is 6.32. The zero-order valence-corrected chi connectivity index (χ0v) is 12.8.